The Bertz CT molecular complexity index is 632. The summed E-state index contributed by atoms with van der Waals surface area (Å²) in [5.74, 6) is 1.93. The topological polar surface area (TPSA) is 66.6 Å². The van der Waals surface area contributed by atoms with Gasteiger partial charge in [-0.05, 0) is 31.4 Å². The molecule has 1 saturated carbocycles. The van der Waals surface area contributed by atoms with Gasteiger partial charge in [-0.15, -0.1) is 34.2 Å². The number of hydrogen-bond donors (Lipinski definition) is 2. The first-order valence-corrected chi connectivity index (χ1v) is 8.12. The number of guanidine groups is 1. The molecular formula is C16H25IN6. The van der Waals surface area contributed by atoms with Crippen LogP contribution in [-0.2, 0) is 6.42 Å². The van der Waals surface area contributed by atoms with E-state index in [4.69, 9.17) is 0 Å². The largest absolute Gasteiger partial charge is 0.356 e. The van der Waals surface area contributed by atoms with Crippen LogP contribution in [0.4, 0.5) is 0 Å². The number of halogens is 1. The molecule has 7 heteroatoms. The monoisotopic (exact) mass is 428 g/mol. The first-order valence-electron chi connectivity index (χ1n) is 8.12. The summed E-state index contributed by atoms with van der Waals surface area (Å²) in [5, 5.41) is 15.3. The number of rotatable bonds is 5. The van der Waals surface area contributed by atoms with Crippen molar-refractivity contribution in [1.29, 1.82) is 0 Å². The minimum atomic E-state index is 0. The molecule has 1 aliphatic carbocycles. The molecule has 1 fully saturated rings. The molecule has 2 heterocycles. The highest BCUT2D eigenvalue weighted by atomic mass is 127. The van der Waals surface area contributed by atoms with Crippen molar-refractivity contribution in [3.8, 4) is 0 Å². The maximum Gasteiger partial charge on any atom is 0.191 e. The predicted molar refractivity (Wildman–Crippen MR) is 103 cm³/mol. The summed E-state index contributed by atoms with van der Waals surface area (Å²) < 4.78 is 2.05. The Labute approximate surface area is 154 Å². The zero-order valence-electron chi connectivity index (χ0n) is 13.5. The van der Waals surface area contributed by atoms with Crippen molar-refractivity contribution < 1.29 is 0 Å². The van der Waals surface area contributed by atoms with Gasteiger partial charge in [0.15, 0.2) is 11.6 Å². The van der Waals surface area contributed by atoms with Gasteiger partial charge in [0.1, 0.15) is 5.82 Å². The van der Waals surface area contributed by atoms with Gasteiger partial charge in [0.05, 0.1) is 0 Å². The minimum Gasteiger partial charge on any atom is -0.356 e. The van der Waals surface area contributed by atoms with Gasteiger partial charge in [0.2, 0.25) is 0 Å². The smallest absolute Gasteiger partial charge is 0.191 e. The molecule has 126 valence electrons. The summed E-state index contributed by atoms with van der Waals surface area (Å²) in [6.45, 7) is 0.883. The van der Waals surface area contributed by atoms with Crippen molar-refractivity contribution in [1.82, 2.24) is 25.2 Å². The molecule has 2 aromatic heterocycles. The summed E-state index contributed by atoms with van der Waals surface area (Å²) in [6.07, 6.45) is 9.08. The Hall–Kier alpha value is -1.38. The number of nitrogens with one attached hydrogen (secondary N) is 2. The third kappa shape index (κ3) is 4.79. The van der Waals surface area contributed by atoms with Crippen LogP contribution in [0, 0.1) is 0 Å². The van der Waals surface area contributed by atoms with Crippen LogP contribution in [0.5, 0.6) is 0 Å². The average molecular weight is 428 g/mol. The second-order valence-electron chi connectivity index (χ2n) is 5.77. The van der Waals surface area contributed by atoms with Gasteiger partial charge in [-0.25, -0.2) is 0 Å². The fourth-order valence-electron chi connectivity index (χ4n) is 2.97. The Morgan fingerprint density at radius 3 is 2.91 bits per heavy atom. The van der Waals surface area contributed by atoms with Crippen molar-refractivity contribution in [3.63, 3.8) is 0 Å². The predicted octanol–water partition coefficient (Wildman–Crippen LogP) is 2.39. The molecule has 2 aromatic rings. The number of aryl methyl sites for hydroxylation is 1. The van der Waals surface area contributed by atoms with E-state index in [0.717, 1.165) is 36.8 Å². The Balaban J connectivity index is 0.00000192. The van der Waals surface area contributed by atoms with E-state index in [0.29, 0.717) is 6.04 Å². The van der Waals surface area contributed by atoms with Crippen LogP contribution in [0.3, 0.4) is 0 Å². The fourth-order valence-corrected chi connectivity index (χ4v) is 2.97. The molecule has 0 bridgehead atoms. The van der Waals surface area contributed by atoms with Crippen LogP contribution in [-0.4, -0.2) is 40.2 Å². The lowest BCUT2D eigenvalue weighted by Gasteiger charge is -2.16. The number of aromatic nitrogens is 3. The molecule has 0 radical (unpaired) electrons. The molecule has 0 amide bonds. The molecule has 1 aliphatic rings. The molecule has 23 heavy (non-hydrogen) atoms. The number of aliphatic imine (C=N–C) groups is 1. The standard InChI is InChI=1S/C16H24N6.HI/c1-17-16(19-13-7-2-3-8-13)18-11-6-10-15-21-20-14-9-4-5-12-22(14)15;/h4-5,9,12-13H,2-3,6-8,10-11H2,1H3,(H2,17,18,19);1H. The average Bonchev–Trinajstić information content (AvgIpc) is 3.20. The minimum absolute atomic E-state index is 0. The molecule has 2 N–H and O–H groups in total. The van der Waals surface area contributed by atoms with Gasteiger partial charge < -0.3 is 10.6 Å². The van der Waals surface area contributed by atoms with Crippen LogP contribution in [0.2, 0.25) is 0 Å². The van der Waals surface area contributed by atoms with E-state index in [-0.39, 0.29) is 24.0 Å². The van der Waals surface area contributed by atoms with E-state index in [2.05, 4.69) is 25.8 Å². The summed E-state index contributed by atoms with van der Waals surface area (Å²) in [6, 6.07) is 6.55. The molecule has 3 rings (SSSR count). The van der Waals surface area contributed by atoms with Crippen molar-refractivity contribution in [2.75, 3.05) is 13.6 Å². The molecule has 0 saturated heterocycles. The molecule has 0 aromatic carbocycles. The lowest BCUT2D eigenvalue weighted by Crippen LogP contribution is -2.42. The molecule has 0 atom stereocenters. The van der Waals surface area contributed by atoms with Crippen LogP contribution in [0.15, 0.2) is 29.4 Å². The summed E-state index contributed by atoms with van der Waals surface area (Å²) in [5.41, 5.74) is 0.907. The number of hydrogen-bond acceptors (Lipinski definition) is 3. The highest BCUT2D eigenvalue weighted by Crippen LogP contribution is 2.17. The second-order valence-corrected chi connectivity index (χ2v) is 5.77. The summed E-state index contributed by atoms with van der Waals surface area (Å²) in [4.78, 5) is 4.30. The van der Waals surface area contributed by atoms with Crippen LogP contribution in [0.25, 0.3) is 5.65 Å². The van der Waals surface area contributed by atoms with Crippen molar-refractivity contribution in [2.24, 2.45) is 4.99 Å². The van der Waals surface area contributed by atoms with Gasteiger partial charge in [0.25, 0.3) is 0 Å². The van der Waals surface area contributed by atoms with Gasteiger partial charge in [-0.1, -0.05) is 18.9 Å². The van der Waals surface area contributed by atoms with Gasteiger partial charge in [-0.3, -0.25) is 9.39 Å². The van der Waals surface area contributed by atoms with E-state index in [1.807, 2.05) is 35.8 Å². The van der Waals surface area contributed by atoms with Gasteiger partial charge in [-0.2, -0.15) is 0 Å². The van der Waals surface area contributed by atoms with E-state index in [9.17, 15) is 0 Å². The molecule has 0 unspecified atom stereocenters. The Kier molecular flexibility index (Phi) is 7.07. The Morgan fingerprint density at radius 2 is 2.13 bits per heavy atom. The second kappa shape index (κ2) is 9.05. The third-order valence-electron chi connectivity index (χ3n) is 4.17. The molecule has 6 nitrogen and oxygen atoms in total. The SMILES string of the molecule is CN=C(NCCCc1nnc2ccccn12)NC1CCCC1.I. The summed E-state index contributed by atoms with van der Waals surface area (Å²) in [7, 11) is 1.83. The highest BCUT2D eigenvalue weighted by Gasteiger charge is 2.15. The molecular weight excluding hydrogens is 403 g/mol. The van der Waals surface area contributed by atoms with Crippen molar-refractivity contribution in [3.05, 3.63) is 30.2 Å². The highest BCUT2D eigenvalue weighted by molar-refractivity contribution is 14.0. The first-order chi connectivity index (χ1) is 10.9. The number of nitrogens with zero attached hydrogens (tertiary/aromatic N) is 4. The maximum absolute atomic E-state index is 4.30. The quantitative estimate of drug-likeness (QED) is 0.332. The normalized spacial score (nSPS) is 15.6. The lowest BCUT2D eigenvalue weighted by atomic mass is 10.2. The number of fused-ring (bicyclic) bond motifs is 1. The first kappa shape index (κ1) is 18.0. The maximum atomic E-state index is 4.30. The zero-order valence-corrected chi connectivity index (χ0v) is 15.9. The zero-order chi connectivity index (χ0) is 15.2. The summed E-state index contributed by atoms with van der Waals surface area (Å²) >= 11 is 0. The molecule has 0 spiro atoms. The van der Waals surface area contributed by atoms with Crippen LogP contribution in [0.1, 0.15) is 37.9 Å². The molecule has 0 aliphatic heterocycles. The van der Waals surface area contributed by atoms with E-state index >= 15 is 0 Å². The van der Waals surface area contributed by atoms with Crippen LogP contribution >= 0.6 is 24.0 Å². The van der Waals surface area contributed by atoms with E-state index in [1.165, 1.54) is 25.7 Å². The van der Waals surface area contributed by atoms with Crippen molar-refractivity contribution >= 4 is 35.6 Å². The van der Waals surface area contributed by atoms with Crippen LogP contribution < -0.4 is 10.6 Å². The fraction of sp³-hybridized carbons (Fsp3) is 0.562. The lowest BCUT2D eigenvalue weighted by molar-refractivity contribution is 0.609. The third-order valence-corrected chi connectivity index (χ3v) is 4.17. The van der Waals surface area contributed by atoms with E-state index in [1.54, 1.807) is 0 Å². The number of pyridine rings is 1. The Morgan fingerprint density at radius 1 is 1.30 bits per heavy atom. The van der Waals surface area contributed by atoms with E-state index < -0.39 is 0 Å². The van der Waals surface area contributed by atoms with Crippen molar-refractivity contribution in [2.45, 2.75) is 44.6 Å². The van der Waals surface area contributed by atoms with Gasteiger partial charge >= 0.3 is 0 Å². The van der Waals surface area contributed by atoms with Gasteiger partial charge in [0, 0.05) is 32.3 Å².